The summed E-state index contributed by atoms with van der Waals surface area (Å²) in [5.41, 5.74) is 3.98. The molecule has 0 radical (unpaired) electrons. The van der Waals surface area contributed by atoms with Crippen LogP contribution in [-0.4, -0.2) is 26.3 Å². The lowest BCUT2D eigenvalue weighted by atomic mass is 10.1. The van der Waals surface area contributed by atoms with Crippen LogP contribution in [0, 0.1) is 6.92 Å². The first-order valence-corrected chi connectivity index (χ1v) is 6.15. The molecule has 20 heavy (non-hydrogen) atoms. The molecule has 0 saturated carbocycles. The number of benzene rings is 1. The Morgan fingerprint density at radius 1 is 1.10 bits per heavy atom. The Kier molecular flexibility index (Phi) is 3.04. The van der Waals surface area contributed by atoms with Crippen molar-refractivity contribution < 1.29 is 4.79 Å². The Labute approximate surface area is 115 Å². The molecule has 0 aliphatic carbocycles. The molecule has 2 aromatic heterocycles. The fourth-order valence-electron chi connectivity index (χ4n) is 1.93. The second kappa shape index (κ2) is 5.00. The van der Waals surface area contributed by atoms with Crippen LogP contribution < -0.4 is 5.32 Å². The summed E-state index contributed by atoms with van der Waals surface area (Å²) < 4.78 is 0. The van der Waals surface area contributed by atoms with E-state index in [0.29, 0.717) is 5.56 Å². The van der Waals surface area contributed by atoms with E-state index in [1.54, 1.807) is 6.20 Å². The lowest BCUT2D eigenvalue weighted by molar-refractivity contribution is 0.102. The highest BCUT2D eigenvalue weighted by atomic mass is 16.1. The Morgan fingerprint density at radius 2 is 1.90 bits per heavy atom. The van der Waals surface area contributed by atoms with Crippen LogP contribution in [0.3, 0.4) is 0 Å². The smallest absolute Gasteiger partial charge is 0.259 e. The van der Waals surface area contributed by atoms with Crippen LogP contribution in [-0.2, 0) is 0 Å². The number of aromatic amines is 2. The van der Waals surface area contributed by atoms with Crippen molar-refractivity contribution in [2.75, 3.05) is 5.32 Å². The summed E-state index contributed by atoms with van der Waals surface area (Å²) in [7, 11) is 0. The molecule has 0 unspecified atom stereocenters. The number of hydrogen-bond acceptors (Lipinski definition) is 3. The van der Waals surface area contributed by atoms with Gasteiger partial charge in [-0.25, -0.2) is 0 Å². The molecule has 0 aliphatic heterocycles. The molecule has 0 atom stereocenters. The van der Waals surface area contributed by atoms with Crippen molar-refractivity contribution in [3.05, 3.63) is 54.0 Å². The SMILES string of the molecule is Cc1[nH]ncc1C(=O)Nc1ccc(-c2ccn[nH]2)cc1. The number of carbonyl (C=O) groups excluding carboxylic acids is 1. The normalized spacial score (nSPS) is 10.4. The third-order valence-electron chi connectivity index (χ3n) is 3.03. The quantitative estimate of drug-likeness (QED) is 0.680. The van der Waals surface area contributed by atoms with Gasteiger partial charge >= 0.3 is 0 Å². The highest BCUT2D eigenvalue weighted by molar-refractivity contribution is 6.04. The summed E-state index contributed by atoms with van der Waals surface area (Å²) in [4.78, 5) is 12.0. The molecule has 3 aromatic rings. The van der Waals surface area contributed by atoms with Gasteiger partial charge in [0.15, 0.2) is 0 Å². The number of H-pyrrole nitrogens is 2. The first-order chi connectivity index (χ1) is 9.74. The summed E-state index contributed by atoms with van der Waals surface area (Å²) in [6.07, 6.45) is 3.22. The number of aryl methyl sites for hydroxylation is 1. The van der Waals surface area contributed by atoms with Gasteiger partial charge < -0.3 is 5.32 Å². The Hall–Kier alpha value is -2.89. The number of anilines is 1. The molecule has 0 fully saturated rings. The molecular weight excluding hydrogens is 254 g/mol. The third kappa shape index (κ3) is 2.31. The molecule has 100 valence electrons. The molecule has 0 bridgehead atoms. The Balaban J connectivity index is 1.76. The molecule has 1 aromatic carbocycles. The van der Waals surface area contributed by atoms with E-state index in [1.807, 2.05) is 37.3 Å². The van der Waals surface area contributed by atoms with E-state index in [4.69, 9.17) is 0 Å². The van der Waals surface area contributed by atoms with Crippen LogP contribution in [0.25, 0.3) is 11.3 Å². The maximum absolute atomic E-state index is 12.0. The van der Waals surface area contributed by atoms with Gasteiger partial charge in [0.05, 0.1) is 17.5 Å². The molecule has 6 nitrogen and oxygen atoms in total. The third-order valence-corrected chi connectivity index (χ3v) is 3.03. The predicted molar refractivity (Wildman–Crippen MR) is 75.3 cm³/mol. The fourth-order valence-corrected chi connectivity index (χ4v) is 1.93. The van der Waals surface area contributed by atoms with Crippen LogP contribution in [0.15, 0.2) is 42.7 Å². The molecule has 0 aliphatic rings. The summed E-state index contributed by atoms with van der Waals surface area (Å²) in [5, 5.41) is 16.2. The first-order valence-electron chi connectivity index (χ1n) is 6.15. The standard InChI is InChI=1S/C14H13N5O/c1-9-12(8-16-18-9)14(20)17-11-4-2-10(3-5-11)13-6-7-15-19-13/h2-8H,1H3,(H,15,19)(H,16,18)(H,17,20). The number of nitrogens with one attached hydrogen (secondary N) is 3. The fraction of sp³-hybridized carbons (Fsp3) is 0.0714. The van der Waals surface area contributed by atoms with Gasteiger partial charge in [-0.2, -0.15) is 10.2 Å². The number of hydrogen-bond donors (Lipinski definition) is 3. The van der Waals surface area contributed by atoms with Crippen LogP contribution >= 0.6 is 0 Å². The van der Waals surface area contributed by atoms with E-state index in [-0.39, 0.29) is 5.91 Å². The molecule has 2 heterocycles. The number of nitrogens with zero attached hydrogens (tertiary/aromatic N) is 2. The Bertz CT molecular complexity index is 712. The molecule has 0 saturated heterocycles. The van der Waals surface area contributed by atoms with Crippen molar-refractivity contribution in [3.63, 3.8) is 0 Å². The van der Waals surface area contributed by atoms with Crippen LogP contribution in [0.2, 0.25) is 0 Å². The van der Waals surface area contributed by atoms with Gasteiger partial charge in [0.1, 0.15) is 0 Å². The van der Waals surface area contributed by atoms with Crippen LogP contribution in [0.4, 0.5) is 5.69 Å². The predicted octanol–water partition coefficient (Wildman–Crippen LogP) is 2.36. The average Bonchev–Trinajstić information content (AvgIpc) is 3.10. The summed E-state index contributed by atoms with van der Waals surface area (Å²) in [6, 6.07) is 9.44. The number of carbonyl (C=O) groups is 1. The van der Waals surface area contributed by atoms with E-state index in [2.05, 4.69) is 25.7 Å². The van der Waals surface area contributed by atoms with E-state index >= 15 is 0 Å². The lowest BCUT2D eigenvalue weighted by Gasteiger charge is -2.05. The van der Waals surface area contributed by atoms with Crippen molar-refractivity contribution in [1.82, 2.24) is 20.4 Å². The van der Waals surface area contributed by atoms with Crippen LogP contribution in [0.5, 0.6) is 0 Å². The molecule has 3 N–H and O–H groups in total. The van der Waals surface area contributed by atoms with Gasteiger partial charge in [0.25, 0.3) is 5.91 Å². The molecule has 0 spiro atoms. The van der Waals surface area contributed by atoms with Gasteiger partial charge in [-0.1, -0.05) is 12.1 Å². The zero-order valence-corrected chi connectivity index (χ0v) is 10.8. The zero-order chi connectivity index (χ0) is 13.9. The topological polar surface area (TPSA) is 86.5 Å². The van der Waals surface area contributed by atoms with Gasteiger partial charge in [-0.3, -0.25) is 15.0 Å². The second-order valence-corrected chi connectivity index (χ2v) is 4.41. The zero-order valence-electron chi connectivity index (χ0n) is 10.8. The second-order valence-electron chi connectivity index (χ2n) is 4.41. The maximum atomic E-state index is 12.0. The highest BCUT2D eigenvalue weighted by Crippen LogP contribution is 2.19. The number of aromatic nitrogens is 4. The Morgan fingerprint density at radius 3 is 2.50 bits per heavy atom. The molecule has 1 amide bonds. The van der Waals surface area contributed by atoms with Gasteiger partial charge in [0, 0.05) is 17.6 Å². The summed E-state index contributed by atoms with van der Waals surface area (Å²) in [6.45, 7) is 1.81. The van der Waals surface area contributed by atoms with Gasteiger partial charge in [0.2, 0.25) is 0 Å². The van der Waals surface area contributed by atoms with E-state index in [0.717, 1.165) is 22.6 Å². The molecular formula is C14H13N5O. The summed E-state index contributed by atoms with van der Waals surface area (Å²) in [5.74, 6) is -0.175. The van der Waals surface area contributed by atoms with Crippen molar-refractivity contribution in [2.24, 2.45) is 0 Å². The van der Waals surface area contributed by atoms with Crippen molar-refractivity contribution in [2.45, 2.75) is 6.92 Å². The maximum Gasteiger partial charge on any atom is 0.259 e. The minimum atomic E-state index is -0.175. The molecule has 6 heteroatoms. The van der Waals surface area contributed by atoms with Crippen molar-refractivity contribution >= 4 is 11.6 Å². The van der Waals surface area contributed by atoms with E-state index in [1.165, 1.54) is 6.20 Å². The van der Waals surface area contributed by atoms with Gasteiger partial charge in [-0.05, 0) is 30.7 Å². The largest absolute Gasteiger partial charge is 0.322 e. The first kappa shape index (κ1) is 12.2. The average molecular weight is 267 g/mol. The molecule has 3 rings (SSSR count). The van der Waals surface area contributed by atoms with Crippen molar-refractivity contribution in [1.29, 1.82) is 0 Å². The minimum absolute atomic E-state index is 0.175. The monoisotopic (exact) mass is 267 g/mol. The van der Waals surface area contributed by atoms with E-state index in [9.17, 15) is 4.79 Å². The lowest BCUT2D eigenvalue weighted by Crippen LogP contribution is -2.12. The van der Waals surface area contributed by atoms with Crippen molar-refractivity contribution in [3.8, 4) is 11.3 Å². The number of amides is 1. The highest BCUT2D eigenvalue weighted by Gasteiger charge is 2.10. The van der Waals surface area contributed by atoms with E-state index < -0.39 is 0 Å². The number of rotatable bonds is 3. The van der Waals surface area contributed by atoms with Gasteiger partial charge in [-0.15, -0.1) is 0 Å². The summed E-state index contributed by atoms with van der Waals surface area (Å²) >= 11 is 0. The minimum Gasteiger partial charge on any atom is -0.322 e. The van der Waals surface area contributed by atoms with Crippen LogP contribution in [0.1, 0.15) is 16.1 Å².